The van der Waals surface area contributed by atoms with Gasteiger partial charge in [-0.25, -0.2) is 9.97 Å². The molecule has 22 heteroatoms. The molecule has 16 nitrogen and oxygen atoms in total. The number of benzene rings is 3. The first-order chi connectivity index (χ1) is 18.3. The molecular weight excluding hydrogens is 662 g/mol. The summed E-state index contributed by atoms with van der Waals surface area (Å²) in [5, 5.41) is 0. The molecule has 0 spiro atoms. The van der Waals surface area contributed by atoms with Gasteiger partial charge in [-0.1, -0.05) is 24.3 Å². The van der Waals surface area contributed by atoms with Gasteiger partial charge < -0.3 is 9.97 Å². The third kappa shape index (κ3) is 6.81. The second-order valence-electron chi connectivity index (χ2n) is 8.28. The molecule has 0 aliphatic rings. The SMILES string of the molecule is O=S(=O)(O)c1cc(S(=O)(=O)O)c2[nH]c(-c3ccc(-c4nc5cc(S(=O)(=O)O)cc(S(=O)(=O)O)c5[nH]4)cc3)nc2c1.[Na].[Na]. The summed E-state index contributed by atoms with van der Waals surface area (Å²) in [6.07, 6.45) is 0. The number of aromatic nitrogens is 4. The zero-order valence-corrected chi connectivity index (χ0v) is 28.5. The van der Waals surface area contributed by atoms with Crippen LogP contribution in [0.2, 0.25) is 0 Å². The largest absolute Gasteiger partial charge is 0.337 e. The van der Waals surface area contributed by atoms with E-state index in [1.54, 1.807) is 0 Å². The molecule has 0 bridgehead atoms. The van der Waals surface area contributed by atoms with Crippen LogP contribution in [0.3, 0.4) is 0 Å². The molecule has 2 aromatic heterocycles. The minimum atomic E-state index is -4.94. The summed E-state index contributed by atoms with van der Waals surface area (Å²) < 4.78 is 131. The zero-order valence-electron chi connectivity index (χ0n) is 21.2. The average Bonchev–Trinajstić information content (AvgIpc) is 3.44. The minimum Gasteiger partial charge on any atom is -0.337 e. The Balaban J connectivity index is 0.00000242. The molecule has 5 rings (SSSR count). The molecule has 3 aromatic carbocycles. The first-order valence-corrected chi connectivity index (χ1v) is 16.2. The van der Waals surface area contributed by atoms with Crippen LogP contribution in [-0.4, -0.2) is 131 Å². The van der Waals surface area contributed by atoms with Gasteiger partial charge in [-0.15, -0.1) is 0 Å². The Labute approximate surface area is 281 Å². The molecule has 2 heterocycles. The van der Waals surface area contributed by atoms with Gasteiger partial charge in [0.15, 0.2) is 0 Å². The number of nitrogens with one attached hydrogen (secondary N) is 2. The van der Waals surface area contributed by atoms with Gasteiger partial charge in [0.05, 0.1) is 31.9 Å². The van der Waals surface area contributed by atoms with Gasteiger partial charge in [0.25, 0.3) is 40.5 Å². The number of rotatable bonds is 6. The molecule has 2 radical (unpaired) electrons. The predicted molar refractivity (Wildman–Crippen MR) is 147 cm³/mol. The van der Waals surface area contributed by atoms with Crippen LogP contribution in [0.15, 0.2) is 68.1 Å². The van der Waals surface area contributed by atoms with Gasteiger partial charge in [-0.05, 0) is 24.3 Å². The maximum Gasteiger partial charge on any atom is 0.296 e. The van der Waals surface area contributed by atoms with E-state index in [9.17, 15) is 51.9 Å². The second-order valence-corrected chi connectivity index (χ2v) is 13.9. The summed E-state index contributed by atoms with van der Waals surface area (Å²) in [6.45, 7) is 0. The Kier molecular flexibility index (Phi) is 9.62. The van der Waals surface area contributed by atoms with Crippen molar-refractivity contribution in [1.82, 2.24) is 19.9 Å². The van der Waals surface area contributed by atoms with Crippen molar-refractivity contribution < 1.29 is 51.9 Å². The fourth-order valence-corrected chi connectivity index (χ4v) is 6.46. The average molecular weight is 677 g/mol. The molecule has 5 aromatic rings. The molecule has 0 saturated carbocycles. The van der Waals surface area contributed by atoms with E-state index < -0.39 is 60.1 Å². The molecule has 0 atom stereocenters. The Bertz CT molecular complexity index is 2150. The summed E-state index contributed by atoms with van der Waals surface area (Å²) in [5.74, 6) is 0.0741. The molecule has 0 saturated heterocycles. The Morgan fingerprint density at radius 3 is 1.07 bits per heavy atom. The van der Waals surface area contributed by atoms with Gasteiger partial charge in [0.1, 0.15) is 21.4 Å². The van der Waals surface area contributed by atoms with E-state index in [2.05, 4.69) is 19.9 Å². The van der Waals surface area contributed by atoms with Gasteiger partial charge in [-0.3, -0.25) is 18.2 Å². The monoisotopic (exact) mass is 676 g/mol. The summed E-state index contributed by atoms with van der Waals surface area (Å²) in [5.41, 5.74) is -0.216. The quantitative estimate of drug-likeness (QED) is 0.108. The van der Waals surface area contributed by atoms with Gasteiger partial charge >= 0.3 is 0 Å². The Morgan fingerprint density at radius 2 is 0.810 bits per heavy atom. The van der Waals surface area contributed by atoms with E-state index in [0.29, 0.717) is 23.3 Å². The molecule has 0 aliphatic carbocycles. The number of hydrogen-bond donors (Lipinski definition) is 6. The third-order valence-electron chi connectivity index (χ3n) is 5.64. The first kappa shape index (κ1) is 34.7. The predicted octanol–water partition coefficient (Wildman–Crippen LogP) is 0.998. The summed E-state index contributed by atoms with van der Waals surface area (Å²) >= 11 is 0. The second kappa shape index (κ2) is 11.6. The van der Waals surface area contributed by atoms with Crippen molar-refractivity contribution in [3.63, 3.8) is 0 Å². The van der Waals surface area contributed by atoms with Crippen molar-refractivity contribution in [2.75, 3.05) is 0 Å². The summed E-state index contributed by atoms with van der Waals surface area (Å²) in [7, 11) is -19.6. The van der Waals surface area contributed by atoms with E-state index in [1.807, 2.05) is 0 Å². The minimum absolute atomic E-state index is 0. The van der Waals surface area contributed by atoms with Crippen molar-refractivity contribution in [3.8, 4) is 22.8 Å². The van der Waals surface area contributed by atoms with Crippen LogP contribution in [0.4, 0.5) is 0 Å². The maximum atomic E-state index is 11.8. The molecule has 212 valence electrons. The summed E-state index contributed by atoms with van der Waals surface area (Å²) in [6, 6.07) is 8.77. The molecule has 0 aliphatic heterocycles. The number of imidazole rings is 2. The van der Waals surface area contributed by atoms with E-state index in [4.69, 9.17) is 0 Å². The van der Waals surface area contributed by atoms with Crippen molar-refractivity contribution >= 4 is 122 Å². The Morgan fingerprint density at radius 1 is 0.500 bits per heavy atom. The smallest absolute Gasteiger partial charge is 0.296 e. The van der Waals surface area contributed by atoms with Gasteiger partial charge in [-0.2, -0.15) is 33.7 Å². The number of hydrogen-bond acceptors (Lipinski definition) is 10. The topological polar surface area (TPSA) is 275 Å². The molecule has 0 amide bonds. The van der Waals surface area contributed by atoms with Crippen molar-refractivity contribution in [3.05, 3.63) is 48.5 Å². The van der Waals surface area contributed by atoms with E-state index >= 15 is 0 Å². The number of H-pyrrole nitrogens is 2. The van der Waals surface area contributed by atoms with Crippen LogP contribution in [-0.2, 0) is 40.5 Å². The fourth-order valence-electron chi connectivity index (χ4n) is 3.88. The maximum absolute atomic E-state index is 11.8. The van der Waals surface area contributed by atoms with Crippen LogP contribution in [0.5, 0.6) is 0 Å². The van der Waals surface area contributed by atoms with Crippen molar-refractivity contribution in [2.24, 2.45) is 0 Å². The number of aromatic amines is 2. The summed E-state index contributed by atoms with van der Waals surface area (Å²) in [4.78, 5) is 10.3. The van der Waals surface area contributed by atoms with Crippen molar-refractivity contribution in [2.45, 2.75) is 19.6 Å². The molecular formula is C20H14N4Na2O12S4. The van der Waals surface area contributed by atoms with Crippen LogP contribution < -0.4 is 0 Å². The number of nitrogens with zero attached hydrogens (tertiary/aromatic N) is 2. The Hall–Kier alpha value is -1.76. The van der Waals surface area contributed by atoms with Gasteiger partial charge in [0, 0.05) is 70.2 Å². The molecule has 0 unspecified atom stereocenters. The van der Waals surface area contributed by atoms with Crippen LogP contribution in [0.1, 0.15) is 0 Å². The van der Waals surface area contributed by atoms with Crippen LogP contribution in [0, 0.1) is 0 Å². The standard InChI is InChI=1S/C20H14N4O12S4.2Na/c25-37(26,27)11-5-13-17(15(7-11)39(31,32)33)23-19(21-13)9-1-2-10(4-3-9)20-22-14-6-12(38(28,29)30)8-16(18(14)24-20)40(34,35)36;;/h1-8H,(H,21,23)(H,22,24)(H,25,26,27)(H,28,29,30)(H,31,32,33)(H,34,35,36);;. The van der Waals surface area contributed by atoms with Crippen molar-refractivity contribution in [1.29, 1.82) is 0 Å². The first-order valence-electron chi connectivity index (χ1n) is 10.4. The molecule has 6 N–H and O–H groups in total. The van der Waals surface area contributed by atoms with Crippen LogP contribution >= 0.6 is 0 Å². The molecule has 0 fully saturated rings. The van der Waals surface area contributed by atoms with E-state index in [0.717, 1.165) is 12.1 Å². The van der Waals surface area contributed by atoms with Gasteiger partial charge in [0.2, 0.25) is 0 Å². The van der Waals surface area contributed by atoms with E-state index in [1.165, 1.54) is 24.3 Å². The third-order valence-corrected chi connectivity index (χ3v) is 9.06. The van der Waals surface area contributed by atoms with Crippen LogP contribution in [0.25, 0.3) is 44.8 Å². The number of fused-ring (bicyclic) bond motifs is 2. The van der Waals surface area contributed by atoms with E-state index in [-0.39, 0.29) is 92.8 Å². The zero-order chi connectivity index (χ0) is 29.4. The molecule has 42 heavy (non-hydrogen) atoms. The normalized spacial score (nSPS) is 12.7. The fraction of sp³-hybridized carbons (Fsp3) is 0.